The van der Waals surface area contributed by atoms with Gasteiger partial charge in [-0.25, -0.2) is 4.39 Å². The van der Waals surface area contributed by atoms with Crippen LogP contribution in [0.25, 0.3) is 0 Å². The van der Waals surface area contributed by atoms with Crippen LogP contribution in [0.1, 0.15) is 18.4 Å². The number of nitrogens with zero attached hydrogens (tertiary/aromatic N) is 2. The van der Waals surface area contributed by atoms with Gasteiger partial charge in [0.25, 0.3) is 0 Å². The summed E-state index contributed by atoms with van der Waals surface area (Å²) in [6.07, 6.45) is 2.43. The molecule has 1 aliphatic rings. The van der Waals surface area contributed by atoms with Crippen molar-refractivity contribution in [2.75, 3.05) is 27.2 Å². The fraction of sp³-hybridized carbons (Fsp3) is 0.533. The number of amides is 1. The number of piperidine rings is 1. The monoisotopic (exact) mass is 264 g/mol. The Hall–Kier alpha value is -1.42. The smallest absolute Gasteiger partial charge is 0.226 e. The van der Waals surface area contributed by atoms with Gasteiger partial charge >= 0.3 is 0 Å². The molecule has 1 aliphatic heterocycles. The molecular formula is C15H21FN2O. The molecule has 0 N–H and O–H groups in total. The van der Waals surface area contributed by atoms with Crippen LogP contribution in [0.3, 0.4) is 0 Å². The number of likely N-dealkylation sites (tertiary alicyclic amines) is 1. The minimum Gasteiger partial charge on any atom is -0.342 e. The van der Waals surface area contributed by atoms with Crippen molar-refractivity contribution in [2.45, 2.75) is 25.3 Å². The normalized spacial score (nSPS) is 16.9. The Bertz CT molecular complexity index is 422. The molecule has 19 heavy (non-hydrogen) atoms. The summed E-state index contributed by atoms with van der Waals surface area (Å²) in [4.78, 5) is 16.3. The first-order chi connectivity index (χ1) is 9.06. The van der Waals surface area contributed by atoms with E-state index in [2.05, 4.69) is 19.0 Å². The standard InChI is InChI=1S/C15H21FN2O/c1-17(2)14-7-9-18(10-8-14)15(19)11-12-3-5-13(16)6-4-12/h3-6,14H,7-11H2,1-2H3. The second-order valence-corrected chi connectivity index (χ2v) is 5.38. The van der Waals surface area contributed by atoms with Gasteiger partial charge in [0.05, 0.1) is 6.42 Å². The van der Waals surface area contributed by atoms with Crippen molar-refractivity contribution in [1.82, 2.24) is 9.80 Å². The predicted molar refractivity (Wildman–Crippen MR) is 73.4 cm³/mol. The maximum atomic E-state index is 12.8. The van der Waals surface area contributed by atoms with Crippen molar-refractivity contribution in [3.05, 3.63) is 35.6 Å². The molecule has 0 atom stereocenters. The highest BCUT2D eigenvalue weighted by Crippen LogP contribution is 2.15. The number of hydrogen-bond donors (Lipinski definition) is 0. The maximum Gasteiger partial charge on any atom is 0.226 e. The molecule has 2 rings (SSSR count). The summed E-state index contributed by atoms with van der Waals surface area (Å²) in [6, 6.07) is 6.75. The van der Waals surface area contributed by atoms with E-state index in [4.69, 9.17) is 0 Å². The summed E-state index contributed by atoms with van der Waals surface area (Å²) in [5.74, 6) is -0.119. The van der Waals surface area contributed by atoms with Crippen molar-refractivity contribution < 1.29 is 9.18 Å². The number of benzene rings is 1. The van der Waals surface area contributed by atoms with Gasteiger partial charge in [-0.1, -0.05) is 12.1 Å². The molecule has 3 nitrogen and oxygen atoms in total. The van der Waals surface area contributed by atoms with Gasteiger partial charge in [0.1, 0.15) is 5.82 Å². The van der Waals surface area contributed by atoms with Crippen LogP contribution >= 0.6 is 0 Å². The number of hydrogen-bond acceptors (Lipinski definition) is 2. The summed E-state index contributed by atoms with van der Waals surface area (Å²) in [6.45, 7) is 1.64. The highest BCUT2D eigenvalue weighted by molar-refractivity contribution is 5.78. The van der Waals surface area contributed by atoms with Crippen LogP contribution in [0, 0.1) is 5.82 Å². The van der Waals surface area contributed by atoms with E-state index in [9.17, 15) is 9.18 Å². The SMILES string of the molecule is CN(C)C1CCN(C(=O)Cc2ccc(F)cc2)CC1. The Labute approximate surface area is 114 Å². The van der Waals surface area contributed by atoms with E-state index in [0.29, 0.717) is 12.5 Å². The Balaban J connectivity index is 1.86. The van der Waals surface area contributed by atoms with Crippen LogP contribution in [-0.2, 0) is 11.2 Å². The van der Waals surface area contributed by atoms with Gasteiger partial charge in [0.15, 0.2) is 0 Å². The predicted octanol–water partition coefficient (Wildman–Crippen LogP) is 1.92. The van der Waals surface area contributed by atoms with Crippen molar-refractivity contribution >= 4 is 5.91 Å². The lowest BCUT2D eigenvalue weighted by molar-refractivity contribution is -0.131. The van der Waals surface area contributed by atoms with Crippen LogP contribution in [-0.4, -0.2) is 48.9 Å². The fourth-order valence-electron chi connectivity index (χ4n) is 2.52. The summed E-state index contributed by atoms with van der Waals surface area (Å²) < 4.78 is 12.8. The van der Waals surface area contributed by atoms with Crippen LogP contribution in [0.5, 0.6) is 0 Å². The van der Waals surface area contributed by atoms with Crippen LogP contribution < -0.4 is 0 Å². The van der Waals surface area contributed by atoms with E-state index in [0.717, 1.165) is 31.5 Å². The average molecular weight is 264 g/mol. The fourth-order valence-corrected chi connectivity index (χ4v) is 2.52. The molecule has 0 bridgehead atoms. The molecule has 1 aromatic rings. The first kappa shape index (κ1) is 14.0. The zero-order chi connectivity index (χ0) is 13.8. The first-order valence-corrected chi connectivity index (χ1v) is 6.75. The van der Waals surface area contributed by atoms with Gasteiger partial charge in [0.2, 0.25) is 5.91 Å². The highest BCUT2D eigenvalue weighted by Gasteiger charge is 2.23. The molecule has 4 heteroatoms. The van der Waals surface area contributed by atoms with Gasteiger partial charge in [-0.2, -0.15) is 0 Å². The second kappa shape index (κ2) is 6.15. The van der Waals surface area contributed by atoms with Crippen molar-refractivity contribution in [1.29, 1.82) is 0 Å². The minimum absolute atomic E-state index is 0.142. The van der Waals surface area contributed by atoms with E-state index in [1.54, 1.807) is 12.1 Å². The van der Waals surface area contributed by atoms with E-state index >= 15 is 0 Å². The molecule has 0 aromatic heterocycles. The molecule has 0 saturated carbocycles. The topological polar surface area (TPSA) is 23.6 Å². The van der Waals surface area contributed by atoms with E-state index in [1.165, 1.54) is 12.1 Å². The Morgan fingerprint density at radius 1 is 1.26 bits per heavy atom. The third-order valence-electron chi connectivity index (χ3n) is 3.82. The third-order valence-corrected chi connectivity index (χ3v) is 3.82. The molecule has 1 heterocycles. The van der Waals surface area contributed by atoms with Crippen molar-refractivity contribution in [3.8, 4) is 0 Å². The summed E-state index contributed by atoms with van der Waals surface area (Å²) in [5, 5.41) is 0. The summed E-state index contributed by atoms with van der Waals surface area (Å²) in [7, 11) is 4.17. The molecular weight excluding hydrogens is 243 g/mol. The molecule has 0 radical (unpaired) electrons. The lowest BCUT2D eigenvalue weighted by Gasteiger charge is -2.35. The summed E-state index contributed by atoms with van der Waals surface area (Å²) in [5.41, 5.74) is 0.876. The molecule has 1 amide bonds. The summed E-state index contributed by atoms with van der Waals surface area (Å²) >= 11 is 0. The Morgan fingerprint density at radius 3 is 2.37 bits per heavy atom. The van der Waals surface area contributed by atoms with Gasteiger partial charge in [-0.15, -0.1) is 0 Å². The zero-order valence-electron chi connectivity index (χ0n) is 11.6. The number of carbonyl (C=O) groups excluding carboxylic acids is 1. The number of carbonyl (C=O) groups is 1. The van der Waals surface area contributed by atoms with Crippen LogP contribution in [0.4, 0.5) is 4.39 Å². The molecule has 1 fully saturated rings. The minimum atomic E-state index is -0.261. The molecule has 0 unspecified atom stereocenters. The average Bonchev–Trinajstić information content (AvgIpc) is 2.41. The largest absolute Gasteiger partial charge is 0.342 e. The third kappa shape index (κ3) is 3.77. The molecule has 0 spiro atoms. The van der Waals surface area contributed by atoms with Gasteiger partial charge < -0.3 is 9.80 Å². The quantitative estimate of drug-likeness (QED) is 0.832. The first-order valence-electron chi connectivity index (χ1n) is 6.75. The Kier molecular flexibility index (Phi) is 4.53. The van der Waals surface area contributed by atoms with E-state index in [1.807, 2.05) is 4.90 Å². The lowest BCUT2D eigenvalue weighted by Crippen LogP contribution is -2.44. The van der Waals surface area contributed by atoms with E-state index in [-0.39, 0.29) is 11.7 Å². The van der Waals surface area contributed by atoms with E-state index < -0.39 is 0 Å². The highest BCUT2D eigenvalue weighted by atomic mass is 19.1. The molecule has 0 aliphatic carbocycles. The molecule has 1 aromatic carbocycles. The number of halogens is 1. The van der Waals surface area contributed by atoms with Crippen molar-refractivity contribution in [2.24, 2.45) is 0 Å². The Morgan fingerprint density at radius 2 is 1.84 bits per heavy atom. The van der Waals surface area contributed by atoms with Crippen LogP contribution in [0.15, 0.2) is 24.3 Å². The second-order valence-electron chi connectivity index (χ2n) is 5.38. The van der Waals surface area contributed by atoms with Crippen molar-refractivity contribution in [3.63, 3.8) is 0 Å². The zero-order valence-corrected chi connectivity index (χ0v) is 11.6. The van der Waals surface area contributed by atoms with Crippen LogP contribution in [0.2, 0.25) is 0 Å². The molecule has 104 valence electrons. The molecule has 1 saturated heterocycles. The van der Waals surface area contributed by atoms with Gasteiger partial charge in [-0.05, 0) is 44.6 Å². The van der Waals surface area contributed by atoms with Gasteiger partial charge in [0, 0.05) is 19.1 Å². The lowest BCUT2D eigenvalue weighted by atomic mass is 10.0. The maximum absolute atomic E-state index is 12.8. The van der Waals surface area contributed by atoms with Gasteiger partial charge in [-0.3, -0.25) is 4.79 Å². The number of rotatable bonds is 3.